The zero-order valence-corrected chi connectivity index (χ0v) is 54.8. The van der Waals surface area contributed by atoms with Gasteiger partial charge < -0.3 is 20.3 Å². The minimum Gasteiger partial charge on any atom is -0.466 e. The number of nitrogens with one attached hydrogen (secondary N) is 1. The fourth-order valence-electron chi connectivity index (χ4n) is 11.6. The van der Waals surface area contributed by atoms with Crippen molar-refractivity contribution in [2.24, 2.45) is 0 Å². The van der Waals surface area contributed by atoms with Crippen LogP contribution in [0.1, 0.15) is 406 Å². The van der Waals surface area contributed by atoms with Crippen LogP contribution >= 0.6 is 0 Å². The average Bonchev–Trinajstić information content (AvgIpc) is 3.47. The number of aliphatic hydroxyl groups is 2. The molecule has 478 valence electrons. The SMILES string of the molecule is CCCCCCCCCCCCCCCCCCCCC/C=C/C(O)C(CO)NC(=O)CCCCCCCCCCCCCCCCC/C=C\C/C=C\CCCCCCCCCCCOC(=O)CCCCCCCCCCCCCC. The number of rotatable bonds is 69. The molecule has 81 heavy (non-hydrogen) atoms. The Morgan fingerprint density at radius 2 is 0.617 bits per heavy atom. The molecule has 2 atom stereocenters. The molecule has 0 aromatic heterocycles. The first-order chi connectivity index (χ1) is 40.0. The van der Waals surface area contributed by atoms with Gasteiger partial charge in [0.1, 0.15) is 0 Å². The number of hydrogen-bond acceptors (Lipinski definition) is 5. The quantitative estimate of drug-likeness (QED) is 0.0320. The third kappa shape index (κ3) is 67.1. The van der Waals surface area contributed by atoms with Crippen LogP contribution in [-0.2, 0) is 14.3 Å². The molecule has 3 N–H and O–H groups in total. The second kappa shape index (κ2) is 70.6. The summed E-state index contributed by atoms with van der Waals surface area (Å²) < 4.78 is 5.48. The van der Waals surface area contributed by atoms with Crippen molar-refractivity contribution in [3.05, 3.63) is 36.5 Å². The van der Waals surface area contributed by atoms with Gasteiger partial charge in [0.15, 0.2) is 0 Å². The van der Waals surface area contributed by atoms with Crippen molar-refractivity contribution in [2.75, 3.05) is 13.2 Å². The molecule has 0 bridgehead atoms. The molecule has 0 fully saturated rings. The van der Waals surface area contributed by atoms with E-state index in [-0.39, 0.29) is 18.5 Å². The fraction of sp³-hybridized carbons (Fsp3) is 0.893. The zero-order valence-electron chi connectivity index (χ0n) is 54.8. The summed E-state index contributed by atoms with van der Waals surface area (Å²) in [6, 6.07) is -0.629. The Bertz CT molecular complexity index is 1310. The first-order valence-corrected chi connectivity index (χ1v) is 36.8. The van der Waals surface area contributed by atoms with Gasteiger partial charge in [0, 0.05) is 12.8 Å². The van der Waals surface area contributed by atoms with E-state index in [0.717, 1.165) is 44.9 Å². The van der Waals surface area contributed by atoms with Gasteiger partial charge in [0.25, 0.3) is 0 Å². The van der Waals surface area contributed by atoms with Crippen LogP contribution < -0.4 is 5.32 Å². The Labute approximate surface area is 506 Å². The number of amides is 1. The van der Waals surface area contributed by atoms with Crippen molar-refractivity contribution in [3.63, 3.8) is 0 Å². The molecule has 1 amide bonds. The largest absolute Gasteiger partial charge is 0.466 e. The van der Waals surface area contributed by atoms with Crippen LogP contribution in [0, 0.1) is 0 Å². The van der Waals surface area contributed by atoms with Gasteiger partial charge in [-0.15, -0.1) is 0 Å². The smallest absolute Gasteiger partial charge is 0.305 e. The van der Waals surface area contributed by atoms with Crippen LogP contribution in [0.25, 0.3) is 0 Å². The molecule has 0 heterocycles. The Morgan fingerprint density at radius 3 is 0.938 bits per heavy atom. The second-order valence-corrected chi connectivity index (χ2v) is 25.3. The number of ether oxygens (including phenoxy) is 1. The highest BCUT2D eigenvalue weighted by Crippen LogP contribution is 2.19. The summed E-state index contributed by atoms with van der Waals surface area (Å²) in [6.07, 6.45) is 90.9. The molecule has 0 aliphatic rings. The summed E-state index contributed by atoms with van der Waals surface area (Å²) >= 11 is 0. The Kier molecular flexibility index (Phi) is 68.9. The number of unbranched alkanes of at least 4 members (excludes halogenated alkanes) is 54. The van der Waals surface area contributed by atoms with Gasteiger partial charge in [-0.3, -0.25) is 9.59 Å². The molecule has 0 saturated carbocycles. The van der Waals surface area contributed by atoms with E-state index in [1.54, 1.807) is 6.08 Å². The third-order valence-electron chi connectivity index (χ3n) is 17.2. The Morgan fingerprint density at radius 1 is 0.346 bits per heavy atom. The lowest BCUT2D eigenvalue weighted by molar-refractivity contribution is -0.143. The third-order valence-corrected chi connectivity index (χ3v) is 17.2. The summed E-state index contributed by atoms with van der Waals surface area (Å²) in [5.41, 5.74) is 0. The summed E-state index contributed by atoms with van der Waals surface area (Å²) in [7, 11) is 0. The molecule has 0 aromatic carbocycles. The number of hydrogen-bond donors (Lipinski definition) is 3. The molecule has 0 aliphatic heterocycles. The number of aliphatic hydroxyl groups excluding tert-OH is 2. The summed E-state index contributed by atoms with van der Waals surface area (Å²) in [4.78, 5) is 24.6. The Balaban J connectivity index is 3.42. The molecule has 0 rings (SSSR count). The summed E-state index contributed by atoms with van der Waals surface area (Å²) in [5, 5.41) is 23.3. The maximum Gasteiger partial charge on any atom is 0.305 e. The topological polar surface area (TPSA) is 95.9 Å². The van der Waals surface area contributed by atoms with E-state index in [9.17, 15) is 19.8 Å². The number of esters is 1. The highest BCUT2D eigenvalue weighted by Gasteiger charge is 2.18. The highest BCUT2D eigenvalue weighted by atomic mass is 16.5. The molecular weight excluding hydrogens is 995 g/mol. The number of carbonyl (C=O) groups is 2. The van der Waals surface area contributed by atoms with Crippen molar-refractivity contribution < 1.29 is 24.5 Å². The van der Waals surface area contributed by atoms with E-state index in [0.29, 0.717) is 19.4 Å². The zero-order chi connectivity index (χ0) is 58.5. The summed E-state index contributed by atoms with van der Waals surface area (Å²) in [6.45, 7) is 4.94. The van der Waals surface area contributed by atoms with Gasteiger partial charge in [-0.1, -0.05) is 365 Å². The normalized spacial score (nSPS) is 12.7. The van der Waals surface area contributed by atoms with Gasteiger partial charge in [-0.25, -0.2) is 0 Å². The van der Waals surface area contributed by atoms with Gasteiger partial charge in [-0.05, 0) is 64.2 Å². The second-order valence-electron chi connectivity index (χ2n) is 25.3. The van der Waals surface area contributed by atoms with Gasteiger partial charge in [-0.2, -0.15) is 0 Å². The molecule has 2 unspecified atom stereocenters. The van der Waals surface area contributed by atoms with Crippen LogP contribution in [-0.4, -0.2) is 47.4 Å². The minimum absolute atomic E-state index is 0.0141. The molecular formula is C75H143NO5. The van der Waals surface area contributed by atoms with E-state index in [2.05, 4.69) is 43.5 Å². The lowest BCUT2D eigenvalue weighted by Crippen LogP contribution is -2.45. The van der Waals surface area contributed by atoms with Crippen LogP contribution in [0.4, 0.5) is 0 Å². The molecule has 6 nitrogen and oxygen atoms in total. The van der Waals surface area contributed by atoms with Crippen molar-refractivity contribution in [1.82, 2.24) is 5.32 Å². The van der Waals surface area contributed by atoms with Crippen molar-refractivity contribution in [3.8, 4) is 0 Å². The maximum atomic E-state index is 12.5. The number of carbonyl (C=O) groups excluding carboxylic acids is 2. The van der Waals surface area contributed by atoms with Crippen molar-refractivity contribution in [1.29, 1.82) is 0 Å². The lowest BCUT2D eigenvalue weighted by atomic mass is 10.0. The van der Waals surface area contributed by atoms with E-state index in [4.69, 9.17) is 4.74 Å². The predicted octanol–water partition coefficient (Wildman–Crippen LogP) is 23.9. The van der Waals surface area contributed by atoms with Gasteiger partial charge in [0.05, 0.1) is 25.4 Å². The lowest BCUT2D eigenvalue weighted by Gasteiger charge is -2.20. The maximum absolute atomic E-state index is 12.5. The molecule has 0 saturated heterocycles. The minimum atomic E-state index is -0.845. The van der Waals surface area contributed by atoms with Crippen molar-refractivity contribution in [2.45, 2.75) is 418 Å². The summed E-state index contributed by atoms with van der Waals surface area (Å²) in [5.74, 6) is -0.0494. The number of allylic oxidation sites excluding steroid dienone is 5. The van der Waals surface area contributed by atoms with Crippen molar-refractivity contribution >= 4 is 11.9 Å². The first-order valence-electron chi connectivity index (χ1n) is 36.8. The van der Waals surface area contributed by atoms with E-state index < -0.39 is 12.1 Å². The fourth-order valence-corrected chi connectivity index (χ4v) is 11.6. The van der Waals surface area contributed by atoms with Crippen LogP contribution in [0.2, 0.25) is 0 Å². The van der Waals surface area contributed by atoms with E-state index in [1.807, 2.05) is 6.08 Å². The molecule has 0 aliphatic carbocycles. The monoisotopic (exact) mass is 1140 g/mol. The molecule has 0 spiro atoms. The van der Waals surface area contributed by atoms with E-state index in [1.165, 1.54) is 334 Å². The van der Waals surface area contributed by atoms with Gasteiger partial charge >= 0.3 is 5.97 Å². The molecule has 0 aromatic rings. The predicted molar refractivity (Wildman–Crippen MR) is 356 cm³/mol. The van der Waals surface area contributed by atoms with Crippen LogP contribution in [0.3, 0.4) is 0 Å². The highest BCUT2D eigenvalue weighted by molar-refractivity contribution is 5.76. The standard InChI is InChI=1S/C75H143NO5/c1-3-5-7-9-11-13-15-17-18-19-20-32-35-38-41-44-47-51-55-59-63-67-73(78)72(71-77)76-74(79)68-64-60-56-52-48-45-42-39-36-33-30-28-26-24-22-21-23-25-27-29-31-34-37-40-43-46-50-54-58-62-66-70-81-75(80)69-65-61-57-53-49-16-14-12-10-8-6-4-2/h23,25,29,31,63,67,72-73,77-78H,3-22,24,26-28,30,32-62,64-66,68-71H2,1-2H3,(H,76,79)/b25-23-,31-29-,67-63+. The van der Waals surface area contributed by atoms with Crippen LogP contribution in [0.5, 0.6) is 0 Å². The Hall–Kier alpha value is -1.92. The molecule has 6 heteroatoms. The average molecular weight is 1140 g/mol. The molecule has 0 radical (unpaired) electrons. The first kappa shape index (κ1) is 79.1. The van der Waals surface area contributed by atoms with E-state index >= 15 is 0 Å². The van der Waals surface area contributed by atoms with Gasteiger partial charge in [0.2, 0.25) is 5.91 Å². The van der Waals surface area contributed by atoms with Crippen LogP contribution in [0.15, 0.2) is 36.5 Å².